The first-order valence-corrected chi connectivity index (χ1v) is 8.72. The summed E-state index contributed by atoms with van der Waals surface area (Å²) in [5.41, 5.74) is 5.72. The van der Waals surface area contributed by atoms with Crippen LogP contribution in [-0.2, 0) is 10.0 Å². The molecule has 2 aliphatic heterocycles. The molecule has 3 rings (SSSR count). The highest BCUT2D eigenvalue weighted by Gasteiger charge is 2.35. The molecule has 0 aliphatic carbocycles. The van der Waals surface area contributed by atoms with Gasteiger partial charge in [0, 0.05) is 24.8 Å². The van der Waals surface area contributed by atoms with Gasteiger partial charge < -0.3 is 5.73 Å². The molecule has 0 radical (unpaired) electrons. The number of rotatable bonds is 2. The summed E-state index contributed by atoms with van der Waals surface area (Å²) in [6.45, 7) is 2.85. The Bertz CT molecular complexity index is 635. The third-order valence-electron chi connectivity index (χ3n) is 4.34. The highest BCUT2D eigenvalue weighted by Crippen LogP contribution is 2.27. The van der Waals surface area contributed by atoms with Gasteiger partial charge in [0.1, 0.15) is 10.7 Å². The number of benzene rings is 1. The lowest BCUT2D eigenvalue weighted by Crippen LogP contribution is -2.39. The van der Waals surface area contributed by atoms with Crippen LogP contribution in [0.25, 0.3) is 0 Å². The van der Waals surface area contributed by atoms with Crippen molar-refractivity contribution in [2.24, 2.45) is 0 Å². The Morgan fingerprint density at radius 1 is 1.19 bits per heavy atom. The Morgan fingerprint density at radius 2 is 1.95 bits per heavy atom. The zero-order valence-corrected chi connectivity index (χ0v) is 12.7. The van der Waals surface area contributed by atoms with Crippen molar-refractivity contribution in [3.8, 4) is 0 Å². The van der Waals surface area contributed by atoms with Gasteiger partial charge in [-0.2, -0.15) is 4.31 Å². The molecule has 1 atom stereocenters. The summed E-state index contributed by atoms with van der Waals surface area (Å²) in [7, 11) is -3.80. The first-order valence-electron chi connectivity index (χ1n) is 7.28. The molecular formula is C14H20FN3O2S. The van der Waals surface area contributed by atoms with E-state index in [9.17, 15) is 12.8 Å². The number of hydrogen-bond donors (Lipinski definition) is 1. The topological polar surface area (TPSA) is 66.6 Å². The van der Waals surface area contributed by atoms with Crippen LogP contribution in [-0.4, -0.2) is 49.8 Å². The van der Waals surface area contributed by atoms with Crippen LogP contribution in [0.15, 0.2) is 23.1 Å². The monoisotopic (exact) mass is 313 g/mol. The first kappa shape index (κ1) is 14.7. The van der Waals surface area contributed by atoms with Gasteiger partial charge in [-0.15, -0.1) is 0 Å². The Kier molecular flexibility index (Phi) is 3.90. The van der Waals surface area contributed by atoms with Crippen molar-refractivity contribution in [3.05, 3.63) is 24.0 Å². The van der Waals surface area contributed by atoms with Crippen molar-refractivity contribution >= 4 is 15.7 Å². The molecule has 2 saturated heterocycles. The van der Waals surface area contributed by atoms with E-state index in [1.807, 2.05) is 0 Å². The van der Waals surface area contributed by atoms with Gasteiger partial charge in [-0.25, -0.2) is 12.8 Å². The van der Waals surface area contributed by atoms with Crippen LogP contribution in [0.1, 0.15) is 19.3 Å². The zero-order valence-electron chi connectivity index (χ0n) is 11.8. The molecule has 0 bridgehead atoms. The Morgan fingerprint density at radius 3 is 2.71 bits per heavy atom. The second kappa shape index (κ2) is 5.55. The molecule has 0 amide bonds. The van der Waals surface area contributed by atoms with Crippen LogP contribution in [0.3, 0.4) is 0 Å². The van der Waals surface area contributed by atoms with Crippen molar-refractivity contribution in [1.29, 1.82) is 0 Å². The van der Waals surface area contributed by atoms with Crippen molar-refractivity contribution in [1.82, 2.24) is 9.21 Å². The number of nitrogen functional groups attached to an aromatic ring is 1. The predicted molar refractivity (Wildman–Crippen MR) is 78.8 cm³/mol. The van der Waals surface area contributed by atoms with E-state index in [2.05, 4.69) is 4.90 Å². The molecule has 1 aromatic carbocycles. The van der Waals surface area contributed by atoms with Crippen LogP contribution < -0.4 is 5.73 Å². The Labute approximate surface area is 124 Å². The molecule has 5 nitrogen and oxygen atoms in total. The van der Waals surface area contributed by atoms with E-state index < -0.39 is 15.8 Å². The zero-order chi connectivity index (χ0) is 15.0. The molecule has 2 fully saturated rings. The lowest BCUT2D eigenvalue weighted by molar-refractivity contribution is 0.257. The van der Waals surface area contributed by atoms with E-state index in [4.69, 9.17) is 5.73 Å². The van der Waals surface area contributed by atoms with E-state index in [-0.39, 0.29) is 16.6 Å². The van der Waals surface area contributed by atoms with Crippen molar-refractivity contribution < 1.29 is 12.8 Å². The predicted octanol–water partition coefficient (Wildman–Crippen LogP) is 1.27. The van der Waals surface area contributed by atoms with Gasteiger partial charge in [-0.3, -0.25) is 4.90 Å². The fourth-order valence-corrected chi connectivity index (χ4v) is 4.82. The molecule has 7 heteroatoms. The van der Waals surface area contributed by atoms with Gasteiger partial charge in [-0.1, -0.05) is 0 Å². The highest BCUT2D eigenvalue weighted by molar-refractivity contribution is 7.89. The summed E-state index contributed by atoms with van der Waals surface area (Å²) in [5.74, 6) is -0.775. The standard InChI is InChI=1S/C14H20FN3O2S/c15-13-9-11(16)4-5-14(13)21(19,20)18-8-2-7-17-6-1-3-12(17)10-18/h4-5,9,12H,1-3,6-8,10,16H2. The second-order valence-corrected chi connectivity index (χ2v) is 7.64. The number of nitrogens with two attached hydrogens (primary N) is 1. The maximum absolute atomic E-state index is 14.0. The van der Waals surface area contributed by atoms with Crippen LogP contribution in [0.4, 0.5) is 10.1 Å². The maximum atomic E-state index is 14.0. The van der Waals surface area contributed by atoms with Crippen LogP contribution in [0, 0.1) is 5.82 Å². The number of halogens is 1. The Hall–Kier alpha value is -1.18. The molecule has 0 aromatic heterocycles. The van der Waals surface area contributed by atoms with Gasteiger partial charge in [0.25, 0.3) is 0 Å². The minimum atomic E-state index is -3.80. The third kappa shape index (κ3) is 2.77. The van der Waals surface area contributed by atoms with Gasteiger partial charge in [-0.05, 0) is 50.6 Å². The van der Waals surface area contributed by atoms with E-state index in [1.165, 1.54) is 16.4 Å². The summed E-state index contributed by atoms with van der Waals surface area (Å²) in [6, 6.07) is 4.01. The summed E-state index contributed by atoms with van der Waals surface area (Å²) in [4.78, 5) is 2.07. The summed E-state index contributed by atoms with van der Waals surface area (Å²) in [6.07, 6.45) is 2.90. The van der Waals surface area contributed by atoms with E-state index in [1.54, 1.807) is 0 Å². The molecule has 116 valence electrons. The van der Waals surface area contributed by atoms with Crippen LogP contribution in [0.5, 0.6) is 0 Å². The van der Waals surface area contributed by atoms with Crippen molar-refractivity contribution in [2.45, 2.75) is 30.2 Å². The number of hydrogen-bond acceptors (Lipinski definition) is 4. The SMILES string of the molecule is Nc1ccc(S(=O)(=O)N2CCCN3CCCC3C2)c(F)c1. The summed E-state index contributed by atoms with van der Waals surface area (Å²) in [5, 5.41) is 0. The normalized spacial score (nSPS) is 24.7. The maximum Gasteiger partial charge on any atom is 0.246 e. The van der Waals surface area contributed by atoms with E-state index in [0.29, 0.717) is 13.1 Å². The van der Waals surface area contributed by atoms with Gasteiger partial charge in [0.15, 0.2) is 0 Å². The van der Waals surface area contributed by atoms with E-state index in [0.717, 1.165) is 38.4 Å². The second-order valence-electron chi connectivity index (χ2n) is 5.74. The molecule has 0 saturated carbocycles. The lowest BCUT2D eigenvalue weighted by Gasteiger charge is -2.25. The largest absolute Gasteiger partial charge is 0.399 e. The minimum Gasteiger partial charge on any atom is -0.399 e. The number of anilines is 1. The highest BCUT2D eigenvalue weighted by atomic mass is 32.2. The lowest BCUT2D eigenvalue weighted by atomic mass is 10.2. The van der Waals surface area contributed by atoms with Crippen LogP contribution >= 0.6 is 0 Å². The number of nitrogens with zero attached hydrogens (tertiary/aromatic N) is 2. The van der Waals surface area contributed by atoms with Crippen molar-refractivity contribution in [3.63, 3.8) is 0 Å². The fraction of sp³-hybridized carbons (Fsp3) is 0.571. The molecule has 2 aliphatic rings. The van der Waals surface area contributed by atoms with Crippen LogP contribution in [0.2, 0.25) is 0 Å². The van der Waals surface area contributed by atoms with Gasteiger partial charge >= 0.3 is 0 Å². The molecule has 2 heterocycles. The number of sulfonamides is 1. The Balaban J connectivity index is 1.90. The van der Waals surface area contributed by atoms with E-state index >= 15 is 0 Å². The molecular weight excluding hydrogens is 293 g/mol. The average Bonchev–Trinajstić information content (AvgIpc) is 2.75. The minimum absolute atomic E-state index is 0.226. The summed E-state index contributed by atoms with van der Waals surface area (Å²) < 4.78 is 40.8. The molecule has 1 unspecified atom stereocenters. The third-order valence-corrected chi connectivity index (χ3v) is 6.24. The molecule has 21 heavy (non-hydrogen) atoms. The first-order chi connectivity index (χ1) is 9.98. The molecule has 2 N–H and O–H groups in total. The molecule has 0 spiro atoms. The smallest absolute Gasteiger partial charge is 0.246 e. The average molecular weight is 313 g/mol. The fourth-order valence-electron chi connectivity index (χ4n) is 3.26. The molecule has 1 aromatic rings. The van der Waals surface area contributed by atoms with Gasteiger partial charge in [0.05, 0.1) is 0 Å². The number of fused-ring (bicyclic) bond motifs is 1. The van der Waals surface area contributed by atoms with Gasteiger partial charge in [0.2, 0.25) is 10.0 Å². The van der Waals surface area contributed by atoms with Crippen molar-refractivity contribution in [2.75, 3.05) is 31.9 Å². The summed E-state index contributed by atoms with van der Waals surface area (Å²) >= 11 is 0. The quantitative estimate of drug-likeness (QED) is 0.835.